The highest BCUT2D eigenvalue weighted by Gasteiger charge is 2.67. The Morgan fingerprint density at radius 3 is 2.14 bits per heavy atom. The van der Waals surface area contributed by atoms with Gasteiger partial charge in [-0.1, -0.05) is 13.8 Å². The third kappa shape index (κ3) is 7.30. The molecule has 0 radical (unpaired) electrons. The number of hydrogen-bond donors (Lipinski definition) is 3. The number of rotatable bonds is 13. The fraction of sp³-hybridized carbons (Fsp3) is 0.703. The zero-order valence-electron chi connectivity index (χ0n) is 31.5. The molecule has 19 heteroatoms. The first-order valence-electron chi connectivity index (χ1n) is 19.5. The minimum atomic E-state index is -4.12. The summed E-state index contributed by atoms with van der Waals surface area (Å²) in [5, 5.41) is 17.3. The number of carbonyl (C=O) groups excluding carboxylic acids is 4. The molecule has 2 aromatic rings. The van der Waals surface area contributed by atoms with Gasteiger partial charge < -0.3 is 25.0 Å². The third-order valence-corrected chi connectivity index (χ3v) is 14.6. The fourth-order valence-electron chi connectivity index (χ4n) is 9.95. The second-order valence-corrected chi connectivity index (χ2v) is 19.2. The topological polar surface area (TPSA) is 204 Å². The van der Waals surface area contributed by atoms with E-state index in [1.165, 1.54) is 16.8 Å². The highest BCUT2D eigenvalue weighted by atomic mass is 32.2. The molecule has 1 aliphatic heterocycles. The SMILES string of the molecule is COc1ccc(-c2nnn([C@@H]3CC(C(=O)N[C@]4(C(=O)NS(=O)(=O)C5CC5)C[C@H]4C(F)F)N(C(=O)[C@@H](NC(=O)OC45CC6CC(CC(C6)C4)C5)C(C)C)C3)n2)cc1. The number of nitrogens with one attached hydrogen (secondary N) is 3. The molecular formula is C37H48F2N8O8S. The number of alkyl carbamates (subject to hydrolysis) is 1. The van der Waals surface area contributed by atoms with Crippen molar-refractivity contribution < 1.29 is 45.9 Å². The van der Waals surface area contributed by atoms with E-state index >= 15 is 0 Å². The minimum absolute atomic E-state index is 0.101. The molecule has 1 saturated heterocycles. The van der Waals surface area contributed by atoms with E-state index in [2.05, 4.69) is 26.0 Å². The van der Waals surface area contributed by atoms with Crippen molar-refractivity contribution in [3.8, 4) is 17.1 Å². The quantitative estimate of drug-likeness (QED) is 0.269. The fourth-order valence-corrected chi connectivity index (χ4v) is 11.3. The standard InChI is InChI=1S/C37H48F2N8O8S/c1-19(2)29(40-35(51)55-36-14-20-10-21(15-36)12-22(11-20)16-36)33(49)46-18-24(47-43-31(42-45-47)23-4-6-25(54-3)7-5-23)13-28(46)32(48)41-37(17-27(37)30(38)39)34(50)44-56(52,53)26-8-9-26/h4-7,19-22,24,26-30H,8-18H2,1-3H3,(H,40,51)(H,41,48)(H,44,50)/t20?,21?,22?,24-,27+,28?,29+,36?,37-/m1/s1. The number of ether oxygens (including phenoxy) is 2. The monoisotopic (exact) mass is 802 g/mol. The first-order valence-corrected chi connectivity index (χ1v) is 21.0. The van der Waals surface area contributed by atoms with Crippen LogP contribution in [0.5, 0.6) is 5.75 Å². The normalized spacial score (nSPS) is 32.3. The molecule has 304 valence electrons. The lowest BCUT2D eigenvalue weighted by Gasteiger charge is -2.55. The van der Waals surface area contributed by atoms with E-state index in [1.807, 2.05) is 4.72 Å². The molecule has 5 atom stereocenters. The molecule has 9 rings (SSSR count). The highest BCUT2D eigenvalue weighted by molar-refractivity contribution is 7.91. The summed E-state index contributed by atoms with van der Waals surface area (Å²) in [4.78, 5) is 58.2. The van der Waals surface area contributed by atoms with Gasteiger partial charge in [-0.05, 0) is 111 Å². The lowest BCUT2D eigenvalue weighted by molar-refractivity contribution is -0.143. The first-order chi connectivity index (χ1) is 26.6. The van der Waals surface area contributed by atoms with Crippen molar-refractivity contribution in [2.24, 2.45) is 29.6 Å². The molecule has 3 N–H and O–H groups in total. The predicted octanol–water partition coefficient (Wildman–Crippen LogP) is 2.96. The summed E-state index contributed by atoms with van der Waals surface area (Å²) in [6, 6.07) is 3.73. The molecule has 6 saturated carbocycles. The average Bonchev–Trinajstić information content (AvgIpc) is 4.02. The Morgan fingerprint density at radius 1 is 0.946 bits per heavy atom. The largest absolute Gasteiger partial charge is 0.497 e. The number of tetrazole rings is 1. The zero-order valence-corrected chi connectivity index (χ0v) is 32.3. The molecule has 7 aliphatic rings. The highest BCUT2D eigenvalue weighted by Crippen LogP contribution is 2.57. The maximum absolute atomic E-state index is 14.5. The molecule has 4 bridgehead atoms. The number of aromatic nitrogens is 4. The number of methoxy groups -OCH3 is 1. The van der Waals surface area contributed by atoms with Gasteiger partial charge in [0.15, 0.2) is 0 Å². The second-order valence-electron chi connectivity index (χ2n) is 17.2. The molecule has 2 heterocycles. The van der Waals surface area contributed by atoms with Crippen molar-refractivity contribution in [2.75, 3.05) is 13.7 Å². The molecule has 6 aliphatic carbocycles. The van der Waals surface area contributed by atoms with Crippen molar-refractivity contribution in [3.63, 3.8) is 0 Å². The Kier molecular flexibility index (Phi) is 9.75. The minimum Gasteiger partial charge on any atom is -0.497 e. The smallest absolute Gasteiger partial charge is 0.408 e. The second kappa shape index (κ2) is 14.2. The van der Waals surface area contributed by atoms with Gasteiger partial charge in [0, 0.05) is 18.5 Å². The van der Waals surface area contributed by atoms with Crippen LogP contribution in [0.1, 0.15) is 84.1 Å². The predicted molar refractivity (Wildman–Crippen MR) is 193 cm³/mol. The Labute approximate surface area is 323 Å². The van der Waals surface area contributed by atoms with Crippen molar-refractivity contribution in [1.82, 2.24) is 40.5 Å². The van der Waals surface area contributed by atoms with Crippen molar-refractivity contribution in [2.45, 2.75) is 119 Å². The Morgan fingerprint density at radius 2 is 1.59 bits per heavy atom. The Hall–Kier alpha value is -4.42. The average molecular weight is 803 g/mol. The number of likely N-dealkylation sites (tertiary alicyclic amines) is 1. The number of carbonyl (C=O) groups is 4. The van der Waals surface area contributed by atoms with E-state index in [-0.39, 0.29) is 18.8 Å². The van der Waals surface area contributed by atoms with Crippen LogP contribution in [0.15, 0.2) is 24.3 Å². The summed E-state index contributed by atoms with van der Waals surface area (Å²) in [5.74, 6) is -2.47. The summed E-state index contributed by atoms with van der Waals surface area (Å²) in [7, 11) is -2.59. The van der Waals surface area contributed by atoms with Crippen LogP contribution >= 0.6 is 0 Å². The zero-order chi connectivity index (χ0) is 39.7. The summed E-state index contributed by atoms with van der Waals surface area (Å²) < 4.78 is 66.8. The van der Waals surface area contributed by atoms with Gasteiger partial charge in [-0.2, -0.15) is 4.80 Å². The Bertz CT molecular complexity index is 1960. The molecule has 4 amide bonds. The number of alkyl halides is 2. The van der Waals surface area contributed by atoms with E-state index in [4.69, 9.17) is 9.47 Å². The van der Waals surface area contributed by atoms with Crippen LogP contribution in [0.25, 0.3) is 11.4 Å². The van der Waals surface area contributed by atoms with Gasteiger partial charge >= 0.3 is 6.09 Å². The van der Waals surface area contributed by atoms with Crippen LogP contribution in [-0.2, 0) is 29.1 Å². The van der Waals surface area contributed by atoms with Crippen molar-refractivity contribution in [3.05, 3.63) is 24.3 Å². The van der Waals surface area contributed by atoms with E-state index in [0.29, 0.717) is 41.9 Å². The van der Waals surface area contributed by atoms with Crippen LogP contribution in [0.4, 0.5) is 13.6 Å². The van der Waals surface area contributed by atoms with Gasteiger partial charge in [0.2, 0.25) is 34.1 Å². The van der Waals surface area contributed by atoms with Crippen LogP contribution in [0.2, 0.25) is 0 Å². The lowest BCUT2D eigenvalue weighted by atomic mass is 9.54. The number of nitrogens with zero attached hydrogens (tertiary/aromatic N) is 5. The summed E-state index contributed by atoms with van der Waals surface area (Å²) in [5.41, 5.74) is -2.15. The van der Waals surface area contributed by atoms with Crippen LogP contribution < -0.4 is 20.1 Å². The molecule has 0 spiro atoms. The molecular weight excluding hydrogens is 755 g/mol. The number of hydrogen-bond acceptors (Lipinski definition) is 11. The van der Waals surface area contributed by atoms with E-state index < -0.39 is 93.0 Å². The van der Waals surface area contributed by atoms with Crippen LogP contribution in [0, 0.1) is 29.6 Å². The van der Waals surface area contributed by atoms with Gasteiger partial charge in [0.1, 0.15) is 29.0 Å². The van der Waals surface area contributed by atoms with Gasteiger partial charge in [-0.3, -0.25) is 19.1 Å². The summed E-state index contributed by atoms with van der Waals surface area (Å²) in [6.45, 7) is 3.36. The van der Waals surface area contributed by atoms with Gasteiger partial charge in [-0.25, -0.2) is 22.0 Å². The number of halogens is 2. The third-order valence-electron chi connectivity index (χ3n) is 12.7. The molecule has 56 heavy (non-hydrogen) atoms. The molecule has 1 aromatic heterocycles. The molecule has 1 unspecified atom stereocenters. The summed E-state index contributed by atoms with van der Waals surface area (Å²) >= 11 is 0. The molecule has 7 fully saturated rings. The number of amides is 4. The van der Waals surface area contributed by atoms with Gasteiger partial charge in [-0.15, -0.1) is 10.2 Å². The van der Waals surface area contributed by atoms with E-state index in [0.717, 1.165) is 38.5 Å². The Balaban J connectivity index is 1.04. The van der Waals surface area contributed by atoms with Crippen molar-refractivity contribution in [1.29, 1.82) is 0 Å². The van der Waals surface area contributed by atoms with Crippen molar-refractivity contribution >= 4 is 33.8 Å². The maximum atomic E-state index is 14.5. The lowest BCUT2D eigenvalue weighted by Crippen LogP contribution is -2.60. The summed E-state index contributed by atoms with van der Waals surface area (Å²) in [6.07, 6.45) is 2.15. The van der Waals surface area contributed by atoms with Crippen LogP contribution in [0.3, 0.4) is 0 Å². The molecule has 16 nitrogen and oxygen atoms in total. The van der Waals surface area contributed by atoms with Gasteiger partial charge in [0.25, 0.3) is 5.91 Å². The van der Waals surface area contributed by atoms with Gasteiger partial charge in [0.05, 0.1) is 24.3 Å². The number of benzene rings is 1. The first kappa shape index (κ1) is 38.5. The molecule has 1 aromatic carbocycles. The van der Waals surface area contributed by atoms with E-state index in [1.54, 1.807) is 38.1 Å². The maximum Gasteiger partial charge on any atom is 0.408 e. The number of sulfonamides is 1. The van der Waals surface area contributed by atoms with Crippen LogP contribution in [-0.4, -0.2) is 106 Å². The van der Waals surface area contributed by atoms with E-state index in [9.17, 15) is 36.4 Å².